The molecule has 0 saturated heterocycles. The van der Waals surface area contributed by atoms with E-state index in [-0.39, 0.29) is 41.0 Å². The predicted molar refractivity (Wildman–Crippen MR) is 149 cm³/mol. The number of amides is 2. The van der Waals surface area contributed by atoms with Crippen LogP contribution in [-0.4, -0.2) is 53.4 Å². The number of carbonyl (C=O) groups is 2. The van der Waals surface area contributed by atoms with Crippen LogP contribution in [0.5, 0.6) is 5.75 Å². The Bertz CT molecular complexity index is 1070. The Hall–Kier alpha value is -2.60. The van der Waals surface area contributed by atoms with Crippen molar-refractivity contribution in [2.45, 2.75) is 89.7 Å². The van der Waals surface area contributed by atoms with E-state index in [1.165, 1.54) is 6.07 Å². The second-order valence-corrected chi connectivity index (χ2v) is 10.9. The summed E-state index contributed by atoms with van der Waals surface area (Å²) in [5.74, 6) is 0.00624. The van der Waals surface area contributed by atoms with Gasteiger partial charge in [0, 0.05) is 30.2 Å². The van der Waals surface area contributed by atoms with Crippen LogP contribution in [0.3, 0.4) is 0 Å². The average molecular weight is 543 g/mol. The van der Waals surface area contributed by atoms with Crippen LogP contribution in [0.25, 0.3) is 0 Å². The van der Waals surface area contributed by atoms with E-state index in [0.29, 0.717) is 17.9 Å². The highest BCUT2D eigenvalue weighted by atomic mass is 35.5. The first kappa shape index (κ1) is 28.4. The summed E-state index contributed by atoms with van der Waals surface area (Å²) < 4.78 is 21.2. The maximum atomic E-state index is 14.6. The van der Waals surface area contributed by atoms with E-state index < -0.39 is 5.82 Å². The molecule has 4 rings (SSSR count). The molecular weight excluding hydrogens is 503 g/mol. The van der Waals surface area contributed by atoms with Gasteiger partial charge in [0.2, 0.25) is 5.91 Å². The summed E-state index contributed by atoms with van der Waals surface area (Å²) in [5.41, 5.74) is 0.825. The van der Waals surface area contributed by atoms with Crippen molar-refractivity contribution >= 4 is 23.4 Å². The van der Waals surface area contributed by atoms with E-state index in [1.54, 1.807) is 12.1 Å². The van der Waals surface area contributed by atoms with Gasteiger partial charge < -0.3 is 14.5 Å². The standard InChI is InChI=1S/C31H40ClFN2O3/c1-2-19-34-20-10-4-3-5-11-21-35(30(36)22-24-25(32)14-12-15-26(24)33)27-16-7-9-18-29(27)38-28-17-8-6-13-23(28)31(34)37/h6,8,12-15,17,27,29H,2-5,7,9-11,16,18-22H2,1H3/t27-,29+/m1/s1. The van der Waals surface area contributed by atoms with Gasteiger partial charge in [-0.15, -0.1) is 0 Å². The van der Waals surface area contributed by atoms with Gasteiger partial charge in [0.1, 0.15) is 17.7 Å². The summed E-state index contributed by atoms with van der Waals surface area (Å²) in [6.45, 7) is 4.16. The number of nitrogens with zero attached hydrogens (tertiary/aromatic N) is 2. The quantitative estimate of drug-likeness (QED) is 0.415. The molecule has 0 N–H and O–H groups in total. The maximum absolute atomic E-state index is 14.6. The Labute approximate surface area is 231 Å². The molecule has 2 aromatic rings. The molecule has 0 unspecified atom stereocenters. The molecule has 2 aromatic carbocycles. The summed E-state index contributed by atoms with van der Waals surface area (Å²) in [6.07, 6.45) is 9.15. The summed E-state index contributed by atoms with van der Waals surface area (Å²) in [4.78, 5) is 31.2. The minimum absolute atomic E-state index is 0.00630. The van der Waals surface area contributed by atoms with Crippen molar-refractivity contribution in [1.29, 1.82) is 0 Å². The van der Waals surface area contributed by atoms with Crippen LogP contribution < -0.4 is 4.74 Å². The SMILES string of the molecule is CCCN1CCCCCCCN(C(=O)Cc2c(F)cccc2Cl)[C@@H]2CCCC[C@@H]2Oc2ccccc2C1=O. The van der Waals surface area contributed by atoms with Crippen LogP contribution in [0.2, 0.25) is 5.02 Å². The largest absolute Gasteiger partial charge is 0.487 e. The molecular formula is C31H40ClFN2O3. The molecule has 1 fully saturated rings. The highest BCUT2D eigenvalue weighted by Crippen LogP contribution is 2.31. The molecule has 1 aliphatic carbocycles. The molecule has 0 bridgehead atoms. The number of hydrogen-bond donors (Lipinski definition) is 0. The molecule has 1 saturated carbocycles. The Morgan fingerprint density at radius 2 is 1.71 bits per heavy atom. The fraction of sp³-hybridized carbons (Fsp3) is 0.548. The highest BCUT2D eigenvalue weighted by Gasteiger charge is 2.35. The number of fused-ring (bicyclic) bond motifs is 2. The van der Waals surface area contributed by atoms with Crippen LogP contribution in [0.1, 0.15) is 87.1 Å². The van der Waals surface area contributed by atoms with Crippen molar-refractivity contribution < 1.29 is 18.7 Å². The summed E-state index contributed by atoms with van der Waals surface area (Å²) in [6, 6.07) is 11.9. The number of benzene rings is 2. The third-order valence-corrected chi connectivity index (χ3v) is 8.14. The number of hydrogen-bond acceptors (Lipinski definition) is 3. The smallest absolute Gasteiger partial charge is 0.257 e. The fourth-order valence-corrected chi connectivity index (χ4v) is 6.01. The summed E-state index contributed by atoms with van der Waals surface area (Å²) >= 11 is 6.28. The van der Waals surface area contributed by atoms with Crippen molar-refractivity contribution in [1.82, 2.24) is 9.80 Å². The molecule has 0 spiro atoms. The lowest BCUT2D eigenvalue weighted by Crippen LogP contribution is -2.51. The van der Waals surface area contributed by atoms with E-state index in [9.17, 15) is 14.0 Å². The molecule has 2 atom stereocenters. The number of carbonyl (C=O) groups excluding carboxylic acids is 2. The molecule has 1 aliphatic heterocycles. The lowest BCUT2D eigenvalue weighted by atomic mass is 9.90. The van der Waals surface area contributed by atoms with E-state index in [0.717, 1.165) is 77.3 Å². The van der Waals surface area contributed by atoms with Gasteiger partial charge in [-0.2, -0.15) is 0 Å². The summed E-state index contributed by atoms with van der Waals surface area (Å²) in [7, 11) is 0. The molecule has 206 valence electrons. The van der Waals surface area contributed by atoms with Crippen molar-refractivity contribution in [2.24, 2.45) is 0 Å². The highest BCUT2D eigenvalue weighted by molar-refractivity contribution is 6.31. The number of ether oxygens (including phenoxy) is 1. The zero-order valence-electron chi connectivity index (χ0n) is 22.5. The first-order valence-corrected chi connectivity index (χ1v) is 14.6. The fourth-order valence-electron chi connectivity index (χ4n) is 5.78. The van der Waals surface area contributed by atoms with Gasteiger partial charge in [-0.05, 0) is 62.8 Å². The lowest BCUT2D eigenvalue weighted by Gasteiger charge is -2.40. The Morgan fingerprint density at radius 3 is 2.50 bits per heavy atom. The van der Waals surface area contributed by atoms with Gasteiger partial charge in [0.05, 0.1) is 18.0 Å². The third kappa shape index (κ3) is 7.07. The Balaban J connectivity index is 1.64. The number of halogens is 2. The van der Waals surface area contributed by atoms with Gasteiger partial charge in [0.25, 0.3) is 5.91 Å². The summed E-state index contributed by atoms with van der Waals surface area (Å²) in [5, 5.41) is 0.275. The first-order valence-electron chi connectivity index (χ1n) is 14.3. The van der Waals surface area contributed by atoms with E-state index >= 15 is 0 Å². The zero-order chi connectivity index (χ0) is 26.9. The lowest BCUT2D eigenvalue weighted by molar-refractivity contribution is -0.136. The predicted octanol–water partition coefficient (Wildman–Crippen LogP) is 7.06. The molecule has 2 amide bonds. The van der Waals surface area contributed by atoms with Crippen LogP contribution >= 0.6 is 11.6 Å². The van der Waals surface area contributed by atoms with E-state index in [1.807, 2.05) is 34.1 Å². The van der Waals surface area contributed by atoms with Crippen molar-refractivity contribution in [3.63, 3.8) is 0 Å². The first-order chi connectivity index (χ1) is 18.5. The molecule has 7 heteroatoms. The molecule has 0 radical (unpaired) electrons. The van der Waals surface area contributed by atoms with Crippen molar-refractivity contribution in [3.05, 3.63) is 64.4 Å². The van der Waals surface area contributed by atoms with Crippen LogP contribution in [-0.2, 0) is 11.2 Å². The molecule has 38 heavy (non-hydrogen) atoms. The van der Waals surface area contributed by atoms with Crippen molar-refractivity contribution in [2.75, 3.05) is 19.6 Å². The molecule has 0 aromatic heterocycles. The number of rotatable bonds is 4. The third-order valence-electron chi connectivity index (χ3n) is 7.78. The van der Waals surface area contributed by atoms with Gasteiger partial charge in [-0.3, -0.25) is 9.59 Å². The minimum Gasteiger partial charge on any atom is -0.487 e. The second-order valence-electron chi connectivity index (χ2n) is 10.5. The maximum Gasteiger partial charge on any atom is 0.257 e. The Morgan fingerprint density at radius 1 is 0.974 bits per heavy atom. The van der Waals surface area contributed by atoms with E-state index in [2.05, 4.69) is 6.92 Å². The monoisotopic (exact) mass is 542 g/mol. The average Bonchev–Trinajstić information content (AvgIpc) is 2.92. The second kappa shape index (κ2) is 14.0. The van der Waals surface area contributed by atoms with Gasteiger partial charge >= 0.3 is 0 Å². The molecule has 5 nitrogen and oxygen atoms in total. The van der Waals surface area contributed by atoms with Crippen LogP contribution in [0, 0.1) is 5.82 Å². The van der Waals surface area contributed by atoms with Gasteiger partial charge in [-0.1, -0.05) is 62.4 Å². The molecule has 2 aliphatic rings. The Kier molecular flexibility index (Phi) is 10.4. The van der Waals surface area contributed by atoms with E-state index in [4.69, 9.17) is 16.3 Å². The zero-order valence-corrected chi connectivity index (χ0v) is 23.2. The van der Waals surface area contributed by atoms with Crippen molar-refractivity contribution in [3.8, 4) is 5.75 Å². The molecule has 1 heterocycles. The van der Waals surface area contributed by atoms with Gasteiger partial charge in [-0.25, -0.2) is 4.39 Å². The van der Waals surface area contributed by atoms with Crippen LogP contribution in [0.15, 0.2) is 42.5 Å². The minimum atomic E-state index is -0.454. The normalized spacial score (nSPS) is 21.5. The van der Waals surface area contributed by atoms with Gasteiger partial charge in [0.15, 0.2) is 0 Å². The number of para-hydroxylation sites is 1. The van der Waals surface area contributed by atoms with Crippen LogP contribution in [0.4, 0.5) is 4.39 Å². The topological polar surface area (TPSA) is 49.9 Å².